The van der Waals surface area contributed by atoms with E-state index in [-0.39, 0.29) is 73.9 Å². The van der Waals surface area contributed by atoms with Crippen molar-refractivity contribution in [2.75, 3.05) is 33.4 Å². The number of ether oxygens (including phenoxy) is 7. The molecular weight excluding hydrogens is 1190 g/mol. The lowest BCUT2D eigenvalue weighted by Crippen LogP contribution is -2.83. The molecule has 95 heavy (non-hydrogen) atoms. The van der Waals surface area contributed by atoms with E-state index in [1.165, 1.54) is 140 Å². The number of fused-ring (bicyclic) bond motifs is 2. The van der Waals surface area contributed by atoms with Crippen molar-refractivity contribution in [2.45, 2.75) is 354 Å². The molecule has 2 aliphatic heterocycles. The minimum atomic E-state index is -1.07. The van der Waals surface area contributed by atoms with Crippen molar-refractivity contribution < 1.29 is 62.2 Å². The van der Waals surface area contributed by atoms with Gasteiger partial charge >= 0.3 is 29.8 Å². The van der Waals surface area contributed by atoms with Crippen LogP contribution in [-0.2, 0) is 60.2 Å². The van der Waals surface area contributed by atoms with Gasteiger partial charge in [0.15, 0.2) is 17.6 Å². The fourth-order valence-electron chi connectivity index (χ4n) is 18.0. The number of unbranched alkanes of at least 4 members (excludes halogenated alkanes) is 24. The van der Waals surface area contributed by atoms with Crippen LogP contribution in [0.15, 0.2) is 24.3 Å². The van der Waals surface area contributed by atoms with Gasteiger partial charge in [-0.05, 0) is 125 Å². The Labute approximate surface area is 573 Å². The normalized spacial score (nSPS) is 23.2. The third kappa shape index (κ3) is 18.9. The van der Waals surface area contributed by atoms with E-state index >= 15 is 0 Å². The molecule has 2 aromatic carbocycles. The van der Waals surface area contributed by atoms with E-state index in [2.05, 4.69) is 45.6 Å². The van der Waals surface area contributed by atoms with Gasteiger partial charge in [0.25, 0.3) is 0 Å². The van der Waals surface area contributed by atoms with Gasteiger partial charge < -0.3 is 38.3 Å². The summed E-state index contributed by atoms with van der Waals surface area (Å²) in [7, 11) is 1.80. The van der Waals surface area contributed by atoms with Crippen LogP contribution < -0.4 is 14.2 Å². The Morgan fingerprint density at radius 2 is 1.14 bits per heavy atom. The van der Waals surface area contributed by atoms with Crippen molar-refractivity contribution in [3.63, 3.8) is 0 Å². The first-order valence-electron chi connectivity index (χ1n) is 38.3. The summed E-state index contributed by atoms with van der Waals surface area (Å²) in [4.78, 5) is 70.9. The molecule has 1 N–H and O–H groups in total. The van der Waals surface area contributed by atoms with Crippen molar-refractivity contribution >= 4 is 29.8 Å². The van der Waals surface area contributed by atoms with Gasteiger partial charge in [-0.3, -0.25) is 28.9 Å². The largest absolute Gasteiger partial charge is 0.482 e. The minimum absolute atomic E-state index is 0.0606. The second kappa shape index (κ2) is 35.0. The van der Waals surface area contributed by atoms with Crippen LogP contribution in [0.2, 0.25) is 0 Å². The fraction of sp³-hybridized carbons (Fsp3) is 0.790. The Kier molecular flexibility index (Phi) is 28.1. The molecule has 9 rings (SSSR count). The molecule has 7 atom stereocenters. The third-order valence-electron chi connectivity index (χ3n) is 23.7. The van der Waals surface area contributed by atoms with Gasteiger partial charge in [0.05, 0.1) is 24.9 Å². The zero-order valence-corrected chi connectivity index (χ0v) is 61.2. The topological polar surface area (TPSA) is 173 Å². The molecule has 534 valence electrons. The standard InChI is InChI=1S/C81H127NO13/c1-12-14-16-18-20-22-24-26-28-30-32-34-36-38-67(83)90-56-62(57-91-68(84)39-37-35-33-31-29-27-25-23-21-19-17-15-13-2)92-69(85)44-45-70(86)94-64-51-58(3)50-59(4)72(64)77(8,9)54-71(87)93-63-43-42-61-52-66-79-46-47-81(89-11,65(53-79)78(10,88)76(5,6)7)75-80(79,73(61)74(63)95-75)48-49-82(66)55-60-40-41-60/h42-43,50-51,60,62,65-66,75,88H,12-41,44-49,52-57H2,1-11H3/t65-,66?,75-,78+,79-,80+,81-/m1/s1. The molecule has 2 aromatic rings. The van der Waals surface area contributed by atoms with E-state index in [4.69, 9.17) is 33.2 Å². The van der Waals surface area contributed by atoms with Crippen LogP contribution >= 0.6 is 0 Å². The summed E-state index contributed by atoms with van der Waals surface area (Å²) < 4.78 is 44.0. The Morgan fingerprint density at radius 1 is 0.621 bits per heavy atom. The van der Waals surface area contributed by atoms with E-state index in [9.17, 15) is 29.1 Å². The monoisotopic (exact) mass is 1320 g/mol. The van der Waals surface area contributed by atoms with Crippen molar-refractivity contribution in [1.82, 2.24) is 4.90 Å². The lowest BCUT2D eigenvalue weighted by Gasteiger charge is -2.75. The van der Waals surface area contributed by atoms with E-state index in [0.29, 0.717) is 35.9 Å². The molecule has 0 amide bonds. The molecule has 4 saturated carbocycles. The number of methoxy groups -OCH3 is 1. The van der Waals surface area contributed by atoms with Crippen molar-refractivity contribution in [2.24, 2.45) is 22.7 Å². The summed E-state index contributed by atoms with van der Waals surface area (Å²) in [5.74, 6) is -0.804. The summed E-state index contributed by atoms with van der Waals surface area (Å²) in [5, 5.41) is 12.8. The van der Waals surface area contributed by atoms with Crippen LogP contribution in [0.3, 0.4) is 0 Å². The SMILES string of the molecule is CCCCCCCCCCCCCCCC(=O)OCC(COC(=O)CCCCCCCCCCCCCCC)OC(=O)CCC(=O)Oc1cc(C)cc(C)c1C(C)(C)CC(=O)Oc1ccc2c3c1O[C@H]1[C@@]4(OC)CC[C@@]5(C[C@@H]4[C@](C)(O)C(C)(C)C)C(C2)N(CC2CC2)CC[C@]315. The molecule has 0 radical (unpaired) electrons. The van der Waals surface area contributed by atoms with Gasteiger partial charge in [0.1, 0.15) is 30.7 Å². The number of esters is 5. The highest BCUT2D eigenvalue weighted by molar-refractivity contribution is 5.80. The number of carbonyl (C=O) groups is 5. The molecule has 2 heterocycles. The van der Waals surface area contributed by atoms with Crippen molar-refractivity contribution in [3.05, 3.63) is 52.1 Å². The van der Waals surface area contributed by atoms with Crippen molar-refractivity contribution in [3.8, 4) is 17.2 Å². The zero-order valence-electron chi connectivity index (χ0n) is 61.2. The lowest BCUT2D eigenvalue weighted by molar-refractivity contribution is -0.312. The van der Waals surface area contributed by atoms with E-state index in [1.807, 2.05) is 46.8 Å². The number of benzene rings is 2. The highest BCUT2D eigenvalue weighted by Gasteiger charge is 2.82. The molecule has 4 bridgehead atoms. The predicted molar refractivity (Wildman–Crippen MR) is 375 cm³/mol. The number of carbonyl (C=O) groups excluding carboxylic acids is 5. The summed E-state index contributed by atoms with van der Waals surface area (Å²) >= 11 is 0. The average Bonchev–Trinajstić information content (AvgIpc) is 1.55. The molecule has 14 nitrogen and oxygen atoms in total. The lowest BCUT2D eigenvalue weighted by atomic mass is 9.33. The third-order valence-corrected chi connectivity index (χ3v) is 23.7. The Morgan fingerprint density at radius 3 is 1.65 bits per heavy atom. The Hall–Kier alpha value is -4.53. The molecule has 5 fully saturated rings. The first kappa shape index (κ1) is 76.2. The van der Waals surface area contributed by atoms with E-state index in [1.54, 1.807) is 13.2 Å². The maximum Gasteiger partial charge on any atom is 0.312 e. The first-order valence-corrected chi connectivity index (χ1v) is 38.3. The Balaban J connectivity index is 0.860. The van der Waals surface area contributed by atoms with Gasteiger partial charge in [-0.15, -0.1) is 0 Å². The molecular formula is C81H127NO13. The summed E-state index contributed by atoms with van der Waals surface area (Å²) in [5.41, 5.74) is 1.03. The number of hydrogen-bond donors (Lipinski definition) is 1. The molecule has 1 saturated heterocycles. The van der Waals surface area contributed by atoms with E-state index in [0.717, 1.165) is 101 Å². The van der Waals surface area contributed by atoms with Gasteiger partial charge in [-0.1, -0.05) is 215 Å². The summed E-state index contributed by atoms with van der Waals surface area (Å²) in [6.45, 7) is 22.1. The molecule has 7 aliphatic rings. The van der Waals surface area contributed by atoms with Gasteiger partial charge in [-0.25, -0.2) is 0 Å². The molecule has 1 unspecified atom stereocenters. The van der Waals surface area contributed by atoms with E-state index < -0.39 is 58.0 Å². The van der Waals surface area contributed by atoms with Crippen LogP contribution in [0.25, 0.3) is 0 Å². The second-order valence-electron chi connectivity index (χ2n) is 32.2. The molecule has 14 heteroatoms. The summed E-state index contributed by atoms with van der Waals surface area (Å²) in [6, 6.07) is 8.15. The minimum Gasteiger partial charge on any atom is -0.482 e. The number of nitrogens with zero attached hydrogens (tertiary/aromatic N) is 1. The fourth-order valence-corrected chi connectivity index (χ4v) is 18.0. The van der Waals surface area contributed by atoms with Crippen LogP contribution in [0.1, 0.15) is 321 Å². The van der Waals surface area contributed by atoms with Crippen LogP contribution in [0, 0.1) is 36.5 Å². The quantitative estimate of drug-likeness (QED) is 0.0287. The van der Waals surface area contributed by atoms with Gasteiger partial charge in [-0.2, -0.15) is 0 Å². The molecule has 0 aromatic heterocycles. The second-order valence-corrected chi connectivity index (χ2v) is 32.2. The Bertz CT molecular complexity index is 2790. The van der Waals surface area contributed by atoms with Crippen LogP contribution in [-0.4, -0.2) is 103 Å². The smallest absolute Gasteiger partial charge is 0.312 e. The number of aryl methyl sites for hydroxylation is 2. The number of aliphatic hydroxyl groups is 1. The first-order chi connectivity index (χ1) is 45.5. The summed E-state index contributed by atoms with van der Waals surface area (Å²) in [6.07, 6.45) is 36.4. The van der Waals surface area contributed by atoms with Crippen LogP contribution in [0.4, 0.5) is 0 Å². The number of likely N-dealkylation sites (tertiary alicyclic amines) is 1. The maximum absolute atomic E-state index is 14.7. The van der Waals surface area contributed by atoms with Crippen LogP contribution in [0.5, 0.6) is 17.2 Å². The molecule has 5 aliphatic carbocycles. The predicted octanol–water partition coefficient (Wildman–Crippen LogP) is 18.2. The zero-order chi connectivity index (χ0) is 68.4. The molecule has 2 spiro atoms. The number of rotatable bonds is 45. The maximum atomic E-state index is 14.7. The highest BCUT2D eigenvalue weighted by Crippen LogP contribution is 2.78. The van der Waals surface area contributed by atoms with Gasteiger partial charge in [0.2, 0.25) is 0 Å². The number of hydrogen-bond acceptors (Lipinski definition) is 14. The average molecular weight is 1320 g/mol. The van der Waals surface area contributed by atoms with Crippen molar-refractivity contribution in [1.29, 1.82) is 0 Å². The number of piperidine rings is 1. The van der Waals surface area contributed by atoms with Gasteiger partial charge in [0, 0.05) is 65.8 Å². The highest BCUT2D eigenvalue weighted by atomic mass is 16.6.